The molecule has 2 heterocycles. The lowest BCUT2D eigenvalue weighted by Crippen LogP contribution is -2.58. The Bertz CT molecular complexity index is 503. The first-order valence-electron chi connectivity index (χ1n) is 7.45. The van der Waals surface area contributed by atoms with E-state index in [-0.39, 0.29) is 12.1 Å². The molecular weight excluding hydrogens is 350 g/mol. The lowest BCUT2D eigenvalue weighted by Gasteiger charge is -2.43. The number of nitrogens with zero attached hydrogens (tertiary/aromatic N) is 3. The molecule has 122 valence electrons. The minimum absolute atomic E-state index is 0.226. The predicted molar refractivity (Wildman–Crippen MR) is 87.3 cm³/mol. The summed E-state index contributed by atoms with van der Waals surface area (Å²) in [5, 5.41) is 9.10. The molecule has 2 rings (SSSR count). The lowest BCUT2D eigenvalue weighted by atomic mass is 10.1. The van der Waals surface area contributed by atoms with Crippen LogP contribution >= 0.6 is 15.9 Å². The van der Waals surface area contributed by atoms with Crippen molar-refractivity contribution in [2.75, 3.05) is 26.2 Å². The Hall–Kier alpha value is -1.34. The van der Waals surface area contributed by atoms with Crippen LogP contribution in [0, 0.1) is 0 Å². The van der Waals surface area contributed by atoms with Gasteiger partial charge in [0.25, 0.3) is 0 Å². The van der Waals surface area contributed by atoms with Crippen molar-refractivity contribution in [2.24, 2.45) is 0 Å². The fourth-order valence-electron chi connectivity index (χ4n) is 2.84. The van der Waals surface area contributed by atoms with Crippen molar-refractivity contribution in [3.8, 4) is 5.88 Å². The lowest BCUT2D eigenvalue weighted by molar-refractivity contribution is 0.0371. The van der Waals surface area contributed by atoms with E-state index in [1.807, 2.05) is 12.1 Å². The second-order valence-corrected chi connectivity index (χ2v) is 6.55. The fraction of sp³-hybridized carbons (Fsp3) is 0.600. The van der Waals surface area contributed by atoms with Crippen LogP contribution in [0.3, 0.4) is 0 Å². The maximum Gasteiger partial charge on any atom is 0.407 e. The van der Waals surface area contributed by atoms with E-state index in [9.17, 15) is 4.79 Å². The molecule has 0 radical (unpaired) electrons. The predicted octanol–water partition coefficient (Wildman–Crippen LogP) is 2.69. The number of piperazine rings is 1. The van der Waals surface area contributed by atoms with E-state index >= 15 is 0 Å². The Morgan fingerprint density at radius 3 is 2.73 bits per heavy atom. The largest absolute Gasteiger partial charge is 0.478 e. The van der Waals surface area contributed by atoms with Crippen molar-refractivity contribution >= 4 is 22.0 Å². The van der Waals surface area contributed by atoms with E-state index in [2.05, 4.69) is 39.7 Å². The van der Waals surface area contributed by atoms with Crippen molar-refractivity contribution in [1.82, 2.24) is 14.8 Å². The molecule has 0 bridgehead atoms. The molecule has 1 amide bonds. The zero-order chi connectivity index (χ0) is 16.1. The zero-order valence-corrected chi connectivity index (χ0v) is 14.5. The van der Waals surface area contributed by atoms with E-state index in [0.717, 1.165) is 17.4 Å². The molecule has 0 aliphatic carbocycles. The van der Waals surface area contributed by atoms with Gasteiger partial charge in [0.1, 0.15) is 0 Å². The van der Waals surface area contributed by atoms with Gasteiger partial charge in [0.15, 0.2) is 0 Å². The third-order valence-corrected chi connectivity index (χ3v) is 4.37. The molecule has 0 saturated carbocycles. The molecule has 1 fully saturated rings. The maximum atomic E-state index is 11.1. The van der Waals surface area contributed by atoms with Gasteiger partial charge in [-0.2, -0.15) is 0 Å². The first-order chi connectivity index (χ1) is 10.5. The van der Waals surface area contributed by atoms with Crippen molar-refractivity contribution in [1.29, 1.82) is 0 Å². The van der Waals surface area contributed by atoms with Crippen LogP contribution in [-0.2, 0) is 0 Å². The molecule has 6 nitrogen and oxygen atoms in total. The van der Waals surface area contributed by atoms with E-state index in [4.69, 9.17) is 9.84 Å². The molecule has 7 heteroatoms. The Kier molecular flexibility index (Phi) is 6.02. The summed E-state index contributed by atoms with van der Waals surface area (Å²) in [7, 11) is 0. The average molecular weight is 372 g/mol. The molecule has 1 saturated heterocycles. The van der Waals surface area contributed by atoms with Crippen LogP contribution in [0.5, 0.6) is 5.88 Å². The highest BCUT2D eigenvalue weighted by atomic mass is 79.9. The number of hydrogen-bond donors (Lipinski definition) is 1. The quantitative estimate of drug-likeness (QED) is 0.806. The molecule has 1 aliphatic heterocycles. The zero-order valence-electron chi connectivity index (χ0n) is 12.9. The highest BCUT2D eigenvalue weighted by Crippen LogP contribution is 2.17. The molecule has 0 aromatic carbocycles. The summed E-state index contributed by atoms with van der Waals surface area (Å²) < 4.78 is 6.58. The van der Waals surface area contributed by atoms with Crippen molar-refractivity contribution in [2.45, 2.75) is 32.4 Å². The second kappa shape index (κ2) is 7.78. The monoisotopic (exact) mass is 371 g/mol. The molecule has 1 N–H and O–H groups in total. The summed E-state index contributed by atoms with van der Waals surface area (Å²) in [6.45, 7) is 6.76. The summed E-state index contributed by atoms with van der Waals surface area (Å²) in [5.74, 6) is 0.617. The Morgan fingerprint density at radius 2 is 2.14 bits per heavy atom. The van der Waals surface area contributed by atoms with Crippen molar-refractivity contribution in [3.05, 3.63) is 22.8 Å². The third kappa shape index (κ3) is 4.58. The van der Waals surface area contributed by atoms with E-state index in [0.29, 0.717) is 25.6 Å². The van der Waals surface area contributed by atoms with Crippen LogP contribution < -0.4 is 4.74 Å². The first-order valence-corrected chi connectivity index (χ1v) is 8.24. The molecule has 1 aromatic rings. The topological polar surface area (TPSA) is 65.9 Å². The summed E-state index contributed by atoms with van der Waals surface area (Å²) in [6, 6.07) is 4.15. The van der Waals surface area contributed by atoms with Crippen LogP contribution in [0.4, 0.5) is 4.79 Å². The van der Waals surface area contributed by atoms with Gasteiger partial charge in [0, 0.05) is 48.5 Å². The van der Waals surface area contributed by atoms with Gasteiger partial charge in [-0.05, 0) is 26.3 Å². The highest BCUT2D eigenvalue weighted by molar-refractivity contribution is 9.10. The van der Waals surface area contributed by atoms with Crippen LogP contribution in [0.1, 0.15) is 20.3 Å². The molecule has 1 unspecified atom stereocenters. The highest BCUT2D eigenvalue weighted by Gasteiger charge is 2.31. The van der Waals surface area contributed by atoms with Crippen molar-refractivity contribution < 1.29 is 14.6 Å². The van der Waals surface area contributed by atoms with E-state index in [1.165, 1.54) is 4.90 Å². The van der Waals surface area contributed by atoms with Crippen LogP contribution in [0.2, 0.25) is 0 Å². The minimum atomic E-state index is -0.831. The number of amides is 1. The van der Waals surface area contributed by atoms with Crippen LogP contribution in [0.15, 0.2) is 22.8 Å². The van der Waals surface area contributed by atoms with E-state index < -0.39 is 6.09 Å². The summed E-state index contributed by atoms with van der Waals surface area (Å²) >= 11 is 3.39. The molecule has 2 atom stereocenters. The number of halogens is 1. The van der Waals surface area contributed by atoms with E-state index in [1.54, 1.807) is 6.20 Å². The summed E-state index contributed by atoms with van der Waals surface area (Å²) in [6.07, 6.45) is 1.76. The number of rotatable bonds is 5. The van der Waals surface area contributed by atoms with Crippen LogP contribution in [0.25, 0.3) is 0 Å². The number of hydrogen-bond acceptors (Lipinski definition) is 4. The Labute approximate surface area is 139 Å². The molecule has 22 heavy (non-hydrogen) atoms. The number of ether oxygens (including phenoxy) is 1. The standard InChI is InChI=1S/C15H22BrN3O3/c1-11-9-18(15(20)21)10-12(2)19(11)6-3-7-22-14-8-13(16)4-5-17-14/h4-5,8,11-12H,3,6-7,9-10H2,1-2H3,(H,20,21)/t11-,12?/m0/s1. The SMILES string of the molecule is CC1CN(C(=O)O)C[C@H](C)N1CCCOc1cc(Br)ccn1. The van der Waals surface area contributed by atoms with Gasteiger partial charge in [0.05, 0.1) is 6.61 Å². The first kappa shape index (κ1) is 17.0. The van der Waals surface area contributed by atoms with Crippen molar-refractivity contribution in [3.63, 3.8) is 0 Å². The van der Waals surface area contributed by atoms with Gasteiger partial charge in [-0.25, -0.2) is 9.78 Å². The van der Waals surface area contributed by atoms with Gasteiger partial charge in [-0.1, -0.05) is 15.9 Å². The molecule has 1 aliphatic rings. The smallest absolute Gasteiger partial charge is 0.407 e. The number of aromatic nitrogens is 1. The Balaban J connectivity index is 1.76. The summed E-state index contributed by atoms with van der Waals surface area (Å²) in [4.78, 5) is 19.1. The minimum Gasteiger partial charge on any atom is -0.478 e. The average Bonchev–Trinajstić information content (AvgIpc) is 2.45. The van der Waals surface area contributed by atoms with Gasteiger partial charge in [-0.15, -0.1) is 0 Å². The Morgan fingerprint density at radius 1 is 1.45 bits per heavy atom. The molecule has 0 spiro atoms. The maximum absolute atomic E-state index is 11.1. The van der Waals surface area contributed by atoms with Gasteiger partial charge < -0.3 is 14.7 Å². The third-order valence-electron chi connectivity index (χ3n) is 3.88. The second-order valence-electron chi connectivity index (χ2n) is 5.64. The molecular formula is C15H22BrN3O3. The normalized spacial score (nSPS) is 22.6. The molecule has 1 aromatic heterocycles. The van der Waals surface area contributed by atoms with Crippen LogP contribution in [-0.4, -0.2) is 64.3 Å². The van der Waals surface area contributed by atoms with Gasteiger partial charge >= 0.3 is 6.09 Å². The summed E-state index contributed by atoms with van der Waals surface area (Å²) in [5.41, 5.74) is 0. The number of pyridine rings is 1. The number of carbonyl (C=O) groups is 1. The fourth-order valence-corrected chi connectivity index (χ4v) is 3.16. The van der Waals surface area contributed by atoms with Gasteiger partial charge in [-0.3, -0.25) is 4.90 Å². The number of carboxylic acid groups (broad SMARTS) is 1. The van der Waals surface area contributed by atoms with Gasteiger partial charge in [0.2, 0.25) is 5.88 Å².